The monoisotopic (exact) mass is 395 g/mol. The van der Waals surface area contributed by atoms with E-state index in [2.05, 4.69) is 9.46 Å². The Labute approximate surface area is 159 Å². The van der Waals surface area contributed by atoms with Crippen molar-refractivity contribution in [3.8, 4) is 0 Å². The molecule has 2 aromatic carbocycles. The van der Waals surface area contributed by atoms with Crippen LogP contribution in [0.3, 0.4) is 0 Å². The Hall–Kier alpha value is -1.89. The van der Waals surface area contributed by atoms with E-state index in [1.54, 1.807) is 6.92 Å². The van der Waals surface area contributed by atoms with Gasteiger partial charge in [-0.05, 0) is 68.1 Å². The third-order valence-electron chi connectivity index (χ3n) is 4.33. The van der Waals surface area contributed by atoms with Gasteiger partial charge in [0, 0.05) is 6.04 Å². The van der Waals surface area contributed by atoms with Crippen LogP contribution >= 0.6 is 11.6 Å². The van der Waals surface area contributed by atoms with Crippen molar-refractivity contribution >= 4 is 27.6 Å². The van der Waals surface area contributed by atoms with Crippen molar-refractivity contribution in [3.05, 3.63) is 63.2 Å². The Morgan fingerprint density at radius 3 is 2.31 bits per heavy atom. The maximum absolute atomic E-state index is 12.7. The topological polar surface area (TPSA) is 72.5 Å². The van der Waals surface area contributed by atoms with Gasteiger partial charge < -0.3 is 4.74 Å². The van der Waals surface area contributed by atoms with Crippen LogP contribution in [0.15, 0.2) is 35.2 Å². The minimum absolute atomic E-state index is 0.00653. The first-order valence-corrected chi connectivity index (χ1v) is 9.91. The first-order chi connectivity index (χ1) is 12.1. The molecule has 0 heterocycles. The van der Waals surface area contributed by atoms with E-state index in [1.165, 1.54) is 25.3 Å². The van der Waals surface area contributed by atoms with Crippen LogP contribution in [0.5, 0.6) is 0 Å². The zero-order valence-electron chi connectivity index (χ0n) is 15.4. The summed E-state index contributed by atoms with van der Waals surface area (Å²) in [5.41, 5.74) is 4.17. The first kappa shape index (κ1) is 20.4. The first-order valence-electron chi connectivity index (χ1n) is 8.04. The van der Waals surface area contributed by atoms with Crippen LogP contribution in [-0.4, -0.2) is 21.5 Å². The quantitative estimate of drug-likeness (QED) is 0.774. The Bertz CT molecular complexity index is 954. The highest BCUT2D eigenvalue weighted by Crippen LogP contribution is 2.25. The molecule has 2 rings (SSSR count). The summed E-state index contributed by atoms with van der Waals surface area (Å²) in [6.07, 6.45) is 0. The van der Waals surface area contributed by atoms with Gasteiger partial charge in [-0.2, -0.15) is 0 Å². The number of aryl methyl sites for hydroxylation is 3. The molecule has 5 nitrogen and oxygen atoms in total. The third-order valence-corrected chi connectivity index (χ3v) is 6.20. The van der Waals surface area contributed by atoms with Crippen molar-refractivity contribution in [2.45, 2.75) is 38.6 Å². The molecule has 0 amide bonds. The number of ether oxygens (including phenoxy) is 1. The summed E-state index contributed by atoms with van der Waals surface area (Å²) >= 11 is 5.96. The van der Waals surface area contributed by atoms with Crippen LogP contribution in [0.2, 0.25) is 5.02 Å². The van der Waals surface area contributed by atoms with Crippen LogP contribution in [0.1, 0.15) is 45.6 Å². The standard InChI is InChI=1S/C19H22ClNO4S/c1-11-8-13(3)16(9-12(11)2)14(4)21-26(23,24)15-6-7-18(20)17(10-15)19(22)25-5/h6-10,14,21H,1-5H3/t14-/m0/s1. The second kappa shape index (κ2) is 7.78. The molecule has 7 heteroatoms. The number of hydrogen-bond donors (Lipinski definition) is 1. The fourth-order valence-electron chi connectivity index (χ4n) is 2.75. The van der Waals surface area contributed by atoms with Crippen molar-refractivity contribution in [3.63, 3.8) is 0 Å². The largest absolute Gasteiger partial charge is 0.465 e. The number of benzene rings is 2. The van der Waals surface area contributed by atoms with Gasteiger partial charge in [-0.15, -0.1) is 0 Å². The fraction of sp³-hybridized carbons (Fsp3) is 0.316. The van der Waals surface area contributed by atoms with Crippen molar-refractivity contribution in [2.24, 2.45) is 0 Å². The molecular weight excluding hydrogens is 374 g/mol. The third kappa shape index (κ3) is 4.26. The van der Waals surface area contributed by atoms with Crippen LogP contribution in [0.25, 0.3) is 0 Å². The van der Waals surface area contributed by atoms with Crippen LogP contribution in [-0.2, 0) is 14.8 Å². The van der Waals surface area contributed by atoms with E-state index in [4.69, 9.17) is 11.6 Å². The van der Waals surface area contributed by atoms with Gasteiger partial charge in [0.15, 0.2) is 0 Å². The minimum Gasteiger partial charge on any atom is -0.465 e. The zero-order chi connectivity index (χ0) is 19.6. The number of hydrogen-bond acceptors (Lipinski definition) is 4. The summed E-state index contributed by atoms with van der Waals surface area (Å²) in [6, 6.07) is 7.53. The summed E-state index contributed by atoms with van der Waals surface area (Å²) in [4.78, 5) is 11.7. The molecule has 0 spiro atoms. The summed E-state index contributed by atoms with van der Waals surface area (Å²) in [5.74, 6) is -0.690. The van der Waals surface area contributed by atoms with Crippen molar-refractivity contribution in [1.82, 2.24) is 4.72 Å². The van der Waals surface area contributed by atoms with E-state index < -0.39 is 22.0 Å². The molecule has 140 valence electrons. The lowest BCUT2D eigenvalue weighted by Gasteiger charge is -2.19. The molecule has 0 bridgehead atoms. The molecule has 0 radical (unpaired) electrons. The Morgan fingerprint density at radius 1 is 1.08 bits per heavy atom. The number of nitrogens with one attached hydrogen (secondary N) is 1. The predicted molar refractivity (Wildman–Crippen MR) is 102 cm³/mol. The molecule has 0 unspecified atom stereocenters. The SMILES string of the molecule is COC(=O)c1cc(S(=O)(=O)N[C@@H](C)c2cc(C)c(C)cc2C)ccc1Cl. The van der Waals surface area contributed by atoms with Gasteiger partial charge in [-0.25, -0.2) is 17.9 Å². The summed E-state index contributed by atoms with van der Waals surface area (Å²) in [5, 5.41) is 0.133. The van der Waals surface area contributed by atoms with Gasteiger partial charge in [0.2, 0.25) is 10.0 Å². The molecule has 0 aliphatic carbocycles. The van der Waals surface area contributed by atoms with Gasteiger partial charge in [-0.3, -0.25) is 0 Å². The second-order valence-corrected chi connectivity index (χ2v) is 8.39. The predicted octanol–water partition coefficient (Wildman–Crippen LogP) is 4.09. The molecule has 1 N–H and O–H groups in total. The van der Waals surface area contributed by atoms with E-state index in [9.17, 15) is 13.2 Å². The molecule has 1 atom stereocenters. The number of carbonyl (C=O) groups excluding carboxylic acids is 1. The molecule has 2 aromatic rings. The van der Waals surface area contributed by atoms with Gasteiger partial charge >= 0.3 is 5.97 Å². The Kier molecular flexibility index (Phi) is 6.11. The number of methoxy groups -OCH3 is 1. The maximum atomic E-state index is 12.7. The van der Waals surface area contributed by atoms with E-state index >= 15 is 0 Å². The second-order valence-electron chi connectivity index (χ2n) is 6.27. The lowest BCUT2D eigenvalue weighted by Crippen LogP contribution is -2.27. The fourth-order valence-corrected chi connectivity index (χ4v) is 4.19. The van der Waals surface area contributed by atoms with Crippen molar-refractivity contribution in [2.75, 3.05) is 7.11 Å². The summed E-state index contributed by atoms with van der Waals surface area (Å²) in [6.45, 7) is 7.74. The smallest absolute Gasteiger partial charge is 0.339 e. The van der Waals surface area contributed by atoms with Gasteiger partial charge in [0.05, 0.1) is 22.6 Å². The van der Waals surface area contributed by atoms with E-state index in [1.807, 2.05) is 32.9 Å². The lowest BCUT2D eigenvalue weighted by atomic mass is 9.97. The summed E-state index contributed by atoms with van der Waals surface area (Å²) in [7, 11) is -2.63. The van der Waals surface area contributed by atoms with E-state index in [0.29, 0.717) is 0 Å². The normalized spacial score (nSPS) is 12.7. The maximum Gasteiger partial charge on any atom is 0.339 e. The van der Waals surface area contributed by atoms with E-state index in [-0.39, 0.29) is 15.5 Å². The Morgan fingerprint density at radius 2 is 1.69 bits per heavy atom. The number of carbonyl (C=O) groups is 1. The Balaban J connectivity index is 2.37. The molecule has 0 aliphatic rings. The highest BCUT2D eigenvalue weighted by molar-refractivity contribution is 7.89. The number of sulfonamides is 1. The van der Waals surface area contributed by atoms with Gasteiger partial charge in [0.25, 0.3) is 0 Å². The van der Waals surface area contributed by atoms with Crippen LogP contribution in [0, 0.1) is 20.8 Å². The van der Waals surface area contributed by atoms with Crippen LogP contribution < -0.4 is 4.72 Å². The van der Waals surface area contributed by atoms with Crippen molar-refractivity contribution < 1.29 is 17.9 Å². The van der Waals surface area contributed by atoms with Crippen LogP contribution in [0.4, 0.5) is 0 Å². The highest BCUT2D eigenvalue weighted by Gasteiger charge is 2.22. The molecule has 26 heavy (non-hydrogen) atoms. The van der Waals surface area contributed by atoms with Crippen molar-refractivity contribution in [1.29, 1.82) is 0 Å². The molecule has 0 saturated heterocycles. The molecule has 0 aliphatic heterocycles. The molecule has 0 saturated carbocycles. The number of rotatable bonds is 5. The summed E-state index contributed by atoms with van der Waals surface area (Å²) < 4.78 is 32.8. The van der Waals surface area contributed by atoms with Gasteiger partial charge in [-0.1, -0.05) is 23.7 Å². The van der Waals surface area contributed by atoms with E-state index in [0.717, 1.165) is 22.3 Å². The number of esters is 1. The number of halogens is 1. The zero-order valence-corrected chi connectivity index (χ0v) is 17.0. The molecular formula is C19H22ClNO4S. The molecule has 0 aromatic heterocycles. The highest BCUT2D eigenvalue weighted by atomic mass is 35.5. The minimum atomic E-state index is -3.84. The average molecular weight is 396 g/mol. The van der Waals surface area contributed by atoms with Gasteiger partial charge in [0.1, 0.15) is 0 Å². The average Bonchev–Trinajstić information content (AvgIpc) is 2.57. The molecule has 0 fully saturated rings. The lowest BCUT2D eigenvalue weighted by molar-refractivity contribution is 0.0600.